The van der Waals surface area contributed by atoms with Gasteiger partial charge in [0.05, 0.1) is 0 Å². The summed E-state index contributed by atoms with van der Waals surface area (Å²) < 4.78 is 26.5. The molecule has 94 valence electrons. The molecule has 0 atom stereocenters. The Bertz CT molecular complexity index is 538. The Morgan fingerprint density at radius 1 is 1.06 bits per heavy atom. The first-order valence-corrected chi connectivity index (χ1v) is 5.96. The second-order valence-corrected chi connectivity index (χ2v) is 4.10. The van der Waals surface area contributed by atoms with E-state index in [-0.39, 0.29) is 0 Å². The molecule has 1 nitrogen and oxygen atoms in total. The van der Waals surface area contributed by atoms with Crippen LogP contribution in [0.4, 0.5) is 8.78 Å². The van der Waals surface area contributed by atoms with E-state index in [0.29, 0.717) is 5.56 Å². The maximum atomic E-state index is 13.7. The zero-order valence-corrected chi connectivity index (χ0v) is 10.2. The second-order valence-electron chi connectivity index (χ2n) is 4.10. The van der Waals surface area contributed by atoms with Gasteiger partial charge in [-0.05, 0) is 35.9 Å². The van der Waals surface area contributed by atoms with Crippen molar-refractivity contribution in [3.8, 4) is 11.1 Å². The summed E-state index contributed by atoms with van der Waals surface area (Å²) in [6.45, 7) is 3.66. The summed E-state index contributed by atoms with van der Waals surface area (Å²) in [6.07, 6.45) is 0. The lowest BCUT2D eigenvalue weighted by atomic mass is 10.0. The fourth-order valence-electron chi connectivity index (χ4n) is 1.84. The van der Waals surface area contributed by atoms with E-state index in [4.69, 9.17) is 0 Å². The summed E-state index contributed by atoms with van der Waals surface area (Å²) in [5, 5.41) is 3.21. The van der Waals surface area contributed by atoms with E-state index in [1.807, 2.05) is 31.2 Å². The molecule has 2 aromatic carbocycles. The van der Waals surface area contributed by atoms with Crippen LogP contribution in [0.25, 0.3) is 11.1 Å². The molecule has 0 radical (unpaired) electrons. The summed E-state index contributed by atoms with van der Waals surface area (Å²) in [7, 11) is 0. The number of rotatable bonds is 4. The minimum Gasteiger partial charge on any atom is -0.313 e. The van der Waals surface area contributed by atoms with Crippen LogP contribution in [0.2, 0.25) is 0 Å². The molecule has 0 saturated heterocycles. The van der Waals surface area contributed by atoms with Crippen molar-refractivity contribution in [3.05, 3.63) is 59.7 Å². The Morgan fingerprint density at radius 2 is 1.89 bits per heavy atom. The molecule has 0 saturated carbocycles. The molecule has 0 unspecified atom stereocenters. The van der Waals surface area contributed by atoms with E-state index in [9.17, 15) is 8.78 Å². The highest BCUT2D eigenvalue weighted by Gasteiger charge is 2.06. The minimum absolute atomic E-state index is 0.426. The summed E-state index contributed by atoms with van der Waals surface area (Å²) in [4.78, 5) is 0. The number of hydrogen-bond acceptors (Lipinski definition) is 1. The van der Waals surface area contributed by atoms with E-state index in [1.165, 1.54) is 12.1 Å². The standard InChI is InChI=1S/C15H15F2N/c1-2-18-10-11-4-3-5-12(8-11)14-7-6-13(16)9-15(14)17/h3-9,18H,2,10H2,1H3. The Morgan fingerprint density at radius 3 is 2.61 bits per heavy atom. The second kappa shape index (κ2) is 5.74. The van der Waals surface area contributed by atoms with Crippen LogP contribution in [0.5, 0.6) is 0 Å². The molecule has 2 aromatic rings. The highest BCUT2D eigenvalue weighted by Crippen LogP contribution is 2.24. The largest absolute Gasteiger partial charge is 0.313 e. The number of benzene rings is 2. The molecule has 0 spiro atoms. The van der Waals surface area contributed by atoms with Crippen LogP contribution in [-0.2, 0) is 6.54 Å². The lowest BCUT2D eigenvalue weighted by Gasteiger charge is -2.07. The molecular weight excluding hydrogens is 232 g/mol. The molecule has 0 aromatic heterocycles. The van der Waals surface area contributed by atoms with E-state index in [0.717, 1.165) is 30.3 Å². The highest BCUT2D eigenvalue weighted by molar-refractivity contribution is 5.64. The molecule has 0 aliphatic rings. The van der Waals surface area contributed by atoms with Crippen LogP contribution in [0, 0.1) is 11.6 Å². The van der Waals surface area contributed by atoms with Crippen molar-refractivity contribution >= 4 is 0 Å². The van der Waals surface area contributed by atoms with E-state index in [1.54, 1.807) is 0 Å². The number of nitrogens with one attached hydrogen (secondary N) is 1. The normalized spacial score (nSPS) is 10.6. The van der Waals surface area contributed by atoms with Gasteiger partial charge >= 0.3 is 0 Å². The first kappa shape index (κ1) is 12.7. The van der Waals surface area contributed by atoms with E-state index >= 15 is 0 Å². The van der Waals surface area contributed by atoms with Gasteiger partial charge in [-0.3, -0.25) is 0 Å². The first-order chi connectivity index (χ1) is 8.70. The van der Waals surface area contributed by atoms with Gasteiger partial charge in [0.15, 0.2) is 0 Å². The van der Waals surface area contributed by atoms with E-state index < -0.39 is 11.6 Å². The average Bonchev–Trinajstić information content (AvgIpc) is 2.36. The third kappa shape index (κ3) is 2.93. The highest BCUT2D eigenvalue weighted by atomic mass is 19.1. The topological polar surface area (TPSA) is 12.0 Å². The molecule has 2 rings (SSSR count). The molecule has 1 N–H and O–H groups in total. The molecule has 0 amide bonds. The lowest BCUT2D eigenvalue weighted by Crippen LogP contribution is -2.11. The summed E-state index contributed by atoms with van der Waals surface area (Å²) >= 11 is 0. The third-order valence-electron chi connectivity index (χ3n) is 2.75. The Kier molecular flexibility index (Phi) is 4.05. The molecule has 0 heterocycles. The van der Waals surface area contributed by atoms with Crippen molar-refractivity contribution in [3.63, 3.8) is 0 Å². The Labute approximate surface area is 105 Å². The molecular formula is C15H15F2N. The van der Waals surface area contributed by atoms with E-state index in [2.05, 4.69) is 5.32 Å². The van der Waals surface area contributed by atoms with Gasteiger partial charge in [-0.25, -0.2) is 8.78 Å². The van der Waals surface area contributed by atoms with Gasteiger partial charge in [0.1, 0.15) is 11.6 Å². The smallest absolute Gasteiger partial charge is 0.133 e. The predicted octanol–water partition coefficient (Wildman–Crippen LogP) is 3.74. The van der Waals surface area contributed by atoms with Gasteiger partial charge in [-0.1, -0.05) is 25.1 Å². The summed E-state index contributed by atoms with van der Waals surface area (Å²) in [6, 6.07) is 11.3. The SMILES string of the molecule is CCNCc1cccc(-c2ccc(F)cc2F)c1. The van der Waals surface area contributed by atoms with Crippen molar-refractivity contribution in [2.75, 3.05) is 6.54 Å². The quantitative estimate of drug-likeness (QED) is 0.867. The van der Waals surface area contributed by atoms with Gasteiger partial charge in [-0.2, -0.15) is 0 Å². The third-order valence-corrected chi connectivity index (χ3v) is 2.75. The van der Waals surface area contributed by atoms with Gasteiger partial charge in [-0.15, -0.1) is 0 Å². The zero-order chi connectivity index (χ0) is 13.0. The Balaban J connectivity index is 2.32. The van der Waals surface area contributed by atoms with Crippen LogP contribution >= 0.6 is 0 Å². The predicted molar refractivity (Wildman–Crippen MR) is 69.2 cm³/mol. The summed E-state index contributed by atoms with van der Waals surface area (Å²) in [5.74, 6) is -1.09. The van der Waals surface area contributed by atoms with Gasteiger partial charge in [0.25, 0.3) is 0 Å². The van der Waals surface area contributed by atoms with Gasteiger partial charge in [0, 0.05) is 18.2 Å². The van der Waals surface area contributed by atoms with Crippen molar-refractivity contribution in [1.82, 2.24) is 5.32 Å². The maximum absolute atomic E-state index is 13.7. The minimum atomic E-state index is -0.556. The fourth-order valence-corrected chi connectivity index (χ4v) is 1.84. The monoisotopic (exact) mass is 247 g/mol. The van der Waals surface area contributed by atoms with Crippen molar-refractivity contribution in [2.45, 2.75) is 13.5 Å². The Hall–Kier alpha value is -1.74. The molecule has 0 aliphatic carbocycles. The van der Waals surface area contributed by atoms with Crippen LogP contribution in [0.15, 0.2) is 42.5 Å². The average molecular weight is 247 g/mol. The zero-order valence-electron chi connectivity index (χ0n) is 10.2. The number of halogens is 2. The first-order valence-electron chi connectivity index (χ1n) is 5.96. The van der Waals surface area contributed by atoms with Gasteiger partial charge < -0.3 is 5.32 Å². The lowest BCUT2D eigenvalue weighted by molar-refractivity contribution is 0.585. The molecule has 3 heteroatoms. The van der Waals surface area contributed by atoms with Crippen molar-refractivity contribution in [2.24, 2.45) is 0 Å². The van der Waals surface area contributed by atoms with Crippen molar-refractivity contribution < 1.29 is 8.78 Å². The van der Waals surface area contributed by atoms with Crippen molar-refractivity contribution in [1.29, 1.82) is 0 Å². The molecule has 18 heavy (non-hydrogen) atoms. The van der Waals surface area contributed by atoms with Crippen LogP contribution in [0.1, 0.15) is 12.5 Å². The molecule has 0 aliphatic heterocycles. The summed E-state index contributed by atoms with van der Waals surface area (Å²) in [5.41, 5.74) is 2.27. The van der Waals surface area contributed by atoms with Crippen LogP contribution < -0.4 is 5.32 Å². The van der Waals surface area contributed by atoms with Gasteiger partial charge in [0.2, 0.25) is 0 Å². The fraction of sp³-hybridized carbons (Fsp3) is 0.200. The molecule has 0 fully saturated rings. The maximum Gasteiger partial charge on any atom is 0.133 e. The number of hydrogen-bond donors (Lipinski definition) is 1. The molecule has 0 bridgehead atoms. The van der Waals surface area contributed by atoms with Crippen LogP contribution in [0.3, 0.4) is 0 Å². The van der Waals surface area contributed by atoms with Crippen LogP contribution in [-0.4, -0.2) is 6.54 Å².